The van der Waals surface area contributed by atoms with Gasteiger partial charge < -0.3 is 16.0 Å². The molecule has 3 rings (SSSR count). The number of benzene rings is 2. The summed E-state index contributed by atoms with van der Waals surface area (Å²) in [6.07, 6.45) is 9.54. The summed E-state index contributed by atoms with van der Waals surface area (Å²) in [5.41, 5.74) is 1.04. The molecule has 0 spiro atoms. The summed E-state index contributed by atoms with van der Waals surface area (Å²) in [4.78, 5) is 37.3. The van der Waals surface area contributed by atoms with Gasteiger partial charge in [0.25, 0.3) is 0 Å². The molecule has 0 aliphatic carbocycles. The van der Waals surface area contributed by atoms with E-state index in [9.17, 15) is 14.4 Å². The van der Waals surface area contributed by atoms with Crippen molar-refractivity contribution in [3.8, 4) is 0 Å². The Morgan fingerprint density at radius 1 is 0.844 bits per heavy atom. The van der Waals surface area contributed by atoms with Crippen molar-refractivity contribution in [2.24, 2.45) is 0 Å². The van der Waals surface area contributed by atoms with Gasteiger partial charge in [-0.3, -0.25) is 14.4 Å². The van der Waals surface area contributed by atoms with Crippen LogP contribution in [0.1, 0.15) is 69.8 Å². The Morgan fingerprint density at radius 2 is 1.53 bits per heavy atom. The van der Waals surface area contributed by atoms with E-state index >= 15 is 0 Å². The second kappa shape index (κ2) is 12.8. The average molecular weight is 438 g/mol. The van der Waals surface area contributed by atoms with Crippen LogP contribution < -0.4 is 16.0 Å². The molecule has 1 aliphatic heterocycles. The van der Waals surface area contributed by atoms with Gasteiger partial charge in [-0.1, -0.05) is 87.4 Å². The van der Waals surface area contributed by atoms with Gasteiger partial charge in [0.15, 0.2) is 0 Å². The molecule has 1 unspecified atom stereocenters. The summed E-state index contributed by atoms with van der Waals surface area (Å²) in [5, 5.41) is 10.7. The van der Waals surface area contributed by atoms with Crippen LogP contribution in [0.5, 0.6) is 0 Å². The summed E-state index contributed by atoms with van der Waals surface area (Å²) >= 11 is 0. The number of hydrogen-bond acceptors (Lipinski definition) is 3. The van der Waals surface area contributed by atoms with Crippen molar-refractivity contribution in [3.05, 3.63) is 48.0 Å². The highest BCUT2D eigenvalue weighted by Crippen LogP contribution is 2.18. The van der Waals surface area contributed by atoms with Crippen molar-refractivity contribution in [1.29, 1.82) is 0 Å². The third kappa shape index (κ3) is 7.66. The van der Waals surface area contributed by atoms with E-state index in [4.69, 9.17) is 0 Å². The molecular formula is C26H35N3O3. The number of hydrogen-bond donors (Lipinski definition) is 3. The number of amides is 3. The predicted molar refractivity (Wildman–Crippen MR) is 127 cm³/mol. The number of fused-ring (bicyclic) bond motifs is 1. The minimum absolute atomic E-state index is 0.0913. The molecule has 2 aromatic carbocycles. The zero-order valence-electron chi connectivity index (χ0n) is 18.8. The normalized spacial score (nSPS) is 19.7. The SMILES string of the molecule is O=C1CCCCCCCCCCC(C(=O)NCc2cccc3ccccc23)NC(=O)CN1. The lowest BCUT2D eigenvalue weighted by Crippen LogP contribution is -2.49. The van der Waals surface area contributed by atoms with Crippen molar-refractivity contribution < 1.29 is 14.4 Å². The van der Waals surface area contributed by atoms with E-state index in [0.29, 0.717) is 19.4 Å². The Labute approximate surface area is 190 Å². The fourth-order valence-corrected chi connectivity index (χ4v) is 4.23. The number of rotatable bonds is 3. The molecule has 0 radical (unpaired) electrons. The lowest BCUT2D eigenvalue weighted by Gasteiger charge is -2.19. The van der Waals surface area contributed by atoms with Crippen LogP contribution in [0.25, 0.3) is 10.8 Å². The molecule has 172 valence electrons. The van der Waals surface area contributed by atoms with Gasteiger partial charge in [0.05, 0.1) is 6.54 Å². The average Bonchev–Trinajstić information content (AvgIpc) is 2.80. The molecule has 2 aromatic rings. The highest BCUT2D eigenvalue weighted by atomic mass is 16.2. The Kier molecular flexibility index (Phi) is 9.54. The molecule has 1 aliphatic rings. The Balaban J connectivity index is 1.60. The van der Waals surface area contributed by atoms with E-state index in [1.807, 2.05) is 30.3 Å². The van der Waals surface area contributed by atoms with Crippen molar-refractivity contribution in [2.45, 2.75) is 76.8 Å². The summed E-state index contributed by atoms with van der Waals surface area (Å²) in [5.74, 6) is -0.612. The van der Waals surface area contributed by atoms with Gasteiger partial charge in [0.2, 0.25) is 17.7 Å². The summed E-state index contributed by atoms with van der Waals surface area (Å²) in [6, 6.07) is 13.5. The molecule has 3 N–H and O–H groups in total. The standard InChI is InChI=1S/C26H35N3O3/c30-24-17-8-6-4-2-1-3-5-7-16-23(29-25(31)19-27-24)26(32)28-18-21-14-11-13-20-12-9-10-15-22(20)21/h9-15,23H,1-8,16-19H2,(H,27,30)(H,28,32)(H,29,31). The Morgan fingerprint density at radius 3 is 2.34 bits per heavy atom. The molecule has 0 bridgehead atoms. The summed E-state index contributed by atoms with van der Waals surface area (Å²) < 4.78 is 0. The van der Waals surface area contributed by atoms with Crippen LogP contribution in [-0.4, -0.2) is 30.3 Å². The van der Waals surface area contributed by atoms with Gasteiger partial charge in [-0.2, -0.15) is 0 Å². The maximum absolute atomic E-state index is 12.9. The molecule has 1 heterocycles. The van der Waals surface area contributed by atoms with Crippen molar-refractivity contribution in [2.75, 3.05) is 6.54 Å². The van der Waals surface area contributed by atoms with Gasteiger partial charge in [-0.05, 0) is 29.2 Å². The quantitative estimate of drug-likeness (QED) is 0.679. The third-order valence-electron chi connectivity index (χ3n) is 6.08. The van der Waals surface area contributed by atoms with Gasteiger partial charge in [0.1, 0.15) is 6.04 Å². The first-order valence-electron chi connectivity index (χ1n) is 11.9. The van der Waals surface area contributed by atoms with E-state index < -0.39 is 6.04 Å². The van der Waals surface area contributed by atoms with E-state index in [1.165, 1.54) is 12.8 Å². The van der Waals surface area contributed by atoms with Crippen LogP contribution in [0.4, 0.5) is 0 Å². The molecule has 6 heteroatoms. The first-order valence-corrected chi connectivity index (χ1v) is 11.9. The van der Waals surface area contributed by atoms with E-state index in [0.717, 1.165) is 54.9 Å². The molecular weight excluding hydrogens is 402 g/mol. The Hall–Kier alpha value is -2.89. The fourth-order valence-electron chi connectivity index (χ4n) is 4.23. The minimum atomic E-state index is -0.595. The molecule has 0 aromatic heterocycles. The lowest BCUT2D eigenvalue weighted by molar-refractivity contribution is -0.130. The zero-order chi connectivity index (χ0) is 22.6. The number of carbonyl (C=O) groups excluding carboxylic acids is 3. The zero-order valence-corrected chi connectivity index (χ0v) is 18.8. The summed E-state index contributed by atoms with van der Waals surface area (Å²) in [6.45, 7) is 0.315. The second-order valence-corrected chi connectivity index (χ2v) is 8.62. The molecule has 1 fully saturated rings. The minimum Gasteiger partial charge on any atom is -0.350 e. The van der Waals surface area contributed by atoms with Gasteiger partial charge in [-0.25, -0.2) is 0 Å². The highest BCUT2D eigenvalue weighted by molar-refractivity contribution is 5.90. The van der Waals surface area contributed by atoms with Gasteiger partial charge in [0, 0.05) is 13.0 Å². The monoisotopic (exact) mass is 437 g/mol. The first-order chi connectivity index (χ1) is 15.6. The van der Waals surface area contributed by atoms with Crippen LogP contribution >= 0.6 is 0 Å². The van der Waals surface area contributed by atoms with Crippen molar-refractivity contribution in [3.63, 3.8) is 0 Å². The molecule has 1 saturated heterocycles. The Bertz CT molecular complexity index is 907. The second-order valence-electron chi connectivity index (χ2n) is 8.62. The molecule has 1 atom stereocenters. The van der Waals surface area contributed by atoms with Crippen LogP contribution in [0.3, 0.4) is 0 Å². The van der Waals surface area contributed by atoms with Crippen LogP contribution in [0.2, 0.25) is 0 Å². The number of nitrogens with one attached hydrogen (secondary N) is 3. The number of carbonyl (C=O) groups is 3. The van der Waals surface area contributed by atoms with Crippen LogP contribution in [0.15, 0.2) is 42.5 Å². The van der Waals surface area contributed by atoms with Crippen LogP contribution in [0, 0.1) is 0 Å². The molecule has 3 amide bonds. The maximum atomic E-state index is 12.9. The van der Waals surface area contributed by atoms with Gasteiger partial charge >= 0.3 is 0 Å². The summed E-state index contributed by atoms with van der Waals surface area (Å²) in [7, 11) is 0. The van der Waals surface area contributed by atoms with Gasteiger partial charge in [-0.15, -0.1) is 0 Å². The molecule has 32 heavy (non-hydrogen) atoms. The maximum Gasteiger partial charge on any atom is 0.242 e. The topological polar surface area (TPSA) is 87.3 Å². The van der Waals surface area contributed by atoms with Crippen molar-refractivity contribution in [1.82, 2.24) is 16.0 Å². The predicted octanol–water partition coefficient (Wildman–Crippen LogP) is 3.97. The largest absolute Gasteiger partial charge is 0.350 e. The molecule has 6 nitrogen and oxygen atoms in total. The molecule has 0 saturated carbocycles. The fraction of sp³-hybridized carbons (Fsp3) is 0.500. The van der Waals surface area contributed by atoms with E-state index in [1.54, 1.807) is 0 Å². The van der Waals surface area contributed by atoms with E-state index in [2.05, 4.69) is 28.1 Å². The lowest BCUT2D eigenvalue weighted by atomic mass is 10.0. The van der Waals surface area contributed by atoms with Crippen LogP contribution in [-0.2, 0) is 20.9 Å². The smallest absolute Gasteiger partial charge is 0.242 e. The third-order valence-corrected chi connectivity index (χ3v) is 6.08. The first kappa shape index (κ1) is 23.8. The highest BCUT2D eigenvalue weighted by Gasteiger charge is 2.21. The van der Waals surface area contributed by atoms with E-state index in [-0.39, 0.29) is 24.3 Å². The van der Waals surface area contributed by atoms with Crippen molar-refractivity contribution >= 4 is 28.5 Å².